The summed E-state index contributed by atoms with van der Waals surface area (Å²) in [6, 6.07) is 20.5. The summed E-state index contributed by atoms with van der Waals surface area (Å²) in [5.74, 6) is 0.413. The minimum Gasteiger partial charge on any atom is -0.368 e. The van der Waals surface area contributed by atoms with E-state index >= 15 is 0 Å². The first-order chi connectivity index (χ1) is 15.6. The molecule has 1 unspecified atom stereocenters. The second-order valence-corrected chi connectivity index (χ2v) is 7.84. The maximum Gasteiger partial charge on any atom is 0.244 e. The number of benzene rings is 2. The predicted octanol–water partition coefficient (Wildman–Crippen LogP) is 4.44. The molecule has 0 saturated carbocycles. The van der Waals surface area contributed by atoms with Gasteiger partial charge in [-0.25, -0.2) is 9.37 Å². The van der Waals surface area contributed by atoms with Crippen LogP contribution in [0.5, 0.6) is 0 Å². The molecule has 1 aromatic heterocycles. The first-order valence-electron chi connectivity index (χ1n) is 10.8. The second-order valence-electron chi connectivity index (χ2n) is 7.84. The molecule has 32 heavy (non-hydrogen) atoms. The van der Waals surface area contributed by atoms with Crippen LogP contribution in [-0.4, -0.2) is 37.1 Å². The van der Waals surface area contributed by atoms with Crippen LogP contribution in [0.15, 0.2) is 79.0 Å². The van der Waals surface area contributed by atoms with E-state index in [1.165, 1.54) is 18.2 Å². The molecule has 1 saturated heterocycles. The molecular formula is C26H27FN4O. The van der Waals surface area contributed by atoms with Crippen LogP contribution in [0, 0.1) is 5.82 Å². The molecule has 1 aliphatic heterocycles. The fourth-order valence-electron chi connectivity index (χ4n) is 3.85. The number of pyridine rings is 1. The number of nitrogens with zero attached hydrogens (tertiary/aromatic N) is 3. The lowest BCUT2D eigenvalue weighted by atomic mass is 10.1. The van der Waals surface area contributed by atoms with E-state index in [1.807, 2.05) is 43.5 Å². The Morgan fingerprint density at radius 2 is 1.75 bits per heavy atom. The minimum atomic E-state index is -0.347. The van der Waals surface area contributed by atoms with Crippen LogP contribution in [-0.2, 0) is 4.79 Å². The molecular weight excluding hydrogens is 403 g/mol. The summed E-state index contributed by atoms with van der Waals surface area (Å²) in [5.41, 5.74) is 2.57. The van der Waals surface area contributed by atoms with E-state index in [2.05, 4.69) is 32.2 Å². The summed E-state index contributed by atoms with van der Waals surface area (Å²) < 4.78 is 13.7. The first-order valence-corrected chi connectivity index (χ1v) is 10.8. The number of carbonyl (C=O) groups excluding carboxylic acids is 1. The average Bonchev–Trinajstić information content (AvgIpc) is 2.84. The highest BCUT2D eigenvalue weighted by Gasteiger charge is 2.19. The molecule has 4 rings (SSSR count). The van der Waals surface area contributed by atoms with E-state index in [9.17, 15) is 9.18 Å². The molecule has 2 aromatic carbocycles. The third-order valence-corrected chi connectivity index (χ3v) is 5.67. The molecule has 0 spiro atoms. The van der Waals surface area contributed by atoms with Crippen molar-refractivity contribution < 1.29 is 9.18 Å². The Hall–Kier alpha value is -3.67. The van der Waals surface area contributed by atoms with Crippen molar-refractivity contribution in [1.82, 2.24) is 10.3 Å². The zero-order valence-corrected chi connectivity index (χ0v) is 18.1. The number of hydrogen-bond acceptors (Lipinski definition) is 4. The van der Waals surface area contributed by atoms with Gasteiger partial charge in [0.25, 0.3) is 0 Å². The smallest absolute Gasteiger partial charge is 0.244 e. The Labute approximate surface area is 188 Å². The summed E-state index contributed by atoms with van der Waals surface area (Å²) in [4.78, 5) is 21.4. The van der Waals surface area contributed by atoms with Crippen molar-refractivity contribution in [3.63, 3.8) is 0 Å². The number of amides is 1. The number of rotatable bonds is 6. The highest BCUT2D eigenvalue weighted by Crippen LogP contribution is 2.23. The lowest BCUT2D eigenvalue weighted by Gasteiger charge is -2.37. The molecule has 2 heterocycles. The van der Waals surface area contributed by atoms with Crippen LogP contribution in [0.2, 0.25) is 0 Å². The molecule has 0 radical (unpaired) electrons. The zero-order chi connectivity index (χ0) is 22.3. The summed E-state index contributed by atoms with van der Waals surface area (Å²) in [6.45, 7) is 5.59. The number of anilines is 2. The van der Waals surface area contributed by atoms with Gasteiger partial charge in [0.05, 0.1) is 6.04 Å². The van der Waals surface area contributed by atoms with Gasteiger partial charge in [0.2, 0.25) is 5.91 Å². The Kier molecular flexibility index (Phi) is 6.80. The fraction of sp³-hybridized carbons (Fsp3) is 0.231. The number of hydrogen-bond donors (Lipinski definition) is 1. The molecule has 1 atom stereocenters. The first kappa shape index (κ1) is 21.6. The van der Waals surface area contributed by atoms with Crippen LogP contribution in [0.1, 0.15) is 24.1 Å². The Morgan fingerprint density at radius 3 is 2.50 bits per heavy atom. The maximum atomic E-state index is 13.7. The summed E-state index contributed by atoms with van der Waals surface area (Å²) in [5, 5.41) is 2.96. The topological polar surface area (TPSA) is 48.5 Å². The molecule has 1 N–H and O–H groups in total. The van der Waals surface area contributed by atoms with E-state index in [-0.39, 0.29) is 17.8 Å². The number of aromatic nitrogens is 1. The van der Waals surface area contributed by atoms with Crippen molar-refractivity contribution in [3.8, 4) is 0 Å². The highest BCUT2D eigenvalue weighted by atomic mass is 19.1. The van der Waals surface area contributed by atoms with E-state index in [0.717, 1.165) is 43.2 Å². The molecule has 0 bridgehead atoms. The SMILES string of the molecule is CC(NC(=O)C=Cc1ccccc1F)c1cccc(N2CCN(c3ccccn3)CC2)c1. The van der Waals surface area contributed by atoms with Crippen molar-refractivity contribution in [2.24, 2.45) is 0 Å². The van der Waals surface area contributed by atoms with Gasteiger partial charge >= 0.3 is 0 Å². The molecule has 6 heteroatoms. The van der Waals surface area contributed by atoms with Crippen molar-refractivity contribution in [2.45, 2.75) is 13.0 Å². The van der Waals surface area contributed by atoms with Gasteiger partial charge in [0.1, 0.15) is 11.6 Å². The van der Waals surface area contributed by atoms with Crippen molar-refractivity contribution in [3.05, 3.63) is 95.9 Å². The molecule has 0 aliphatic carbocycles. The normalized spacial score (nSPS) is 15.1. The number of carbonyl (C=O) groups is 1. The third kappa shape index (κ3) is 5.32. The van der Waals surface area contributed by atoms with E-state index in [4.69, 9.17) is 0 Å². The van der Waals surface area contributed by atoms with Crippen molar-refractivity contribution >= 4 is 23.5 Å². The molecule has 1 fully saturated rings. The fourth-order valence-corrected chi connectivity index (χ4v) is 3.85. The number of halogens is 1. The van der Waals surface area contributed by atoms with Gasteiger partial charge in [-0.05, 0) is 48.9 Å². The number of piperazine rings is 1. The zero-order valence-electron chi connectivity index (χ0n) is 18.1. The highest BCUT2D eigenvalue weighted by molar-refractivity contribution is 5.92. The summed E-state index contributed by atoms with van der Waals surface area (Å²) in [7, 11) is 0. The van der Waals surface area contributed by atoms with Gasteiger partial charge in [0.15, 0.2) is 0 Å². The lowest BCUT2D eigenvalue weighted by Crippen LogP contribution is -2.46. The van der Waals surface area contributed by atoms with E-state index in [0.29, 0.717) is 5.56 Å². The van der Waals surface area contributed by atoms with Crippen molar-refractivity contribution in [1.29, 1.82) is 0 Å². The molecule has 1 aliphatic rings. The van der Waals surface area contributed by atoms with Gasteiger partial charge in [-0.3, -0.25) is 4.79 Å². The molecule has 164 valence electrons. The molecule has 1 amide bonds. The van der Waals surface area contributed by atoms with E-state index in [1.54, 1.807) is 18.2 Å². The maximum absolute atomic E-state index is 13.7. The Bertz CT molecular complexity index is 1080. The second kappa shape index (κ2) is 10.1. The van der Waals surface area contributed by atoms with Gasteiger partial charge in [0, 0.05) is 49.7 Å². The van der Waals surface area contributed by atoms with Crippen molar-refractivity contribution in [2.75, 3.05) is 36.0 Å². The standard InChI is InChI=1S/C26H27FN4O/c1-20(29-26(32)13-12-21-7-2-3-10-24(21)27)22-8-6-9-23(19-22)30-15-17-31(18-16-30)25-11-4-5-14-28-25/h2-14,19-20H,15-18H2,1H3,(H,29,32). The molecule has 3 aromatic rings. The van der Waals surface area contributed by atoms with Gasteiger partial charge in [-0.2, -0.15) is 0 Å². The monoisotopic (exact) mass is 430 g/mol. The Balaban J connectivity index is 1.35. The third-order valence-electron chi connectivity index (χ3n) is 5.67. The van der Waals surface area contributed by atoms with Crippen LogP contribution in [0.3, 0.4) is 0 Å². The summed E-state index contributed by atoms with van der Waals surface area (Å²) in [6.07, 6.45) is 4.69. The Morgan fingerprint density at radius 1 is 1.00 bits per heavy atom. The van der Waals surface area contributed by atoms with Crippen LogP contribution in [0.25, 0.3) is 6.08 Å². The largest absolute Gasteiger partial charge is 0.368 e. The molecule has 5 nitrogen and oxygen atoms in total. The predicted molar refractivity (Wildman–Crippen MR) is 127 cm³/mol. The van der Waals surface area contributed by atoms with Gasteiger partial charge in [-0.1, -0.05) is 36.4 Å². The van der Waals surface area contributed by atoms with Crippen LogP contribution >= 0.6 is 0 Å². The summed E-state index contributed by atoms with van der Waals surface area (Å²) >= 11 is 0. The van der Waals surface area contributed by atoms with Crippen LogP contribution in [0.4, 0.5) is 15.9 Å². The van der Waals surface area contributed by atoms with E-state index < -0.39 is 0 Å². The number of nitrogens with one attached hydrogen (secondary N) is 1. The lowest BCUT2D eigenvalue weighted by molar-refractivity contribution is -0.117. The van der Waals surface area contributed by atoms with Gasteiger partial charge in [-0.15, -0.1) is 0 Å². The average molecular weight is 431 g/mol. The van der Waals surface area contributed by atoms with Gasteiger partial charge < -0.3 is 15.1 Å². The quantitative estimate of drug-likeness (QED) is 0.588. The minimum absolute atomic E-state index is 0.164. The van der Waals surface area contributed by atoms with Crippen LogP contribution < -0.4 is 15.1 Å².